The third kappa shape index (κ3) is 2.72. The molecule has 0 saturated carbocycles. The maximum atomic E-state index is 8.74. The summed E-state index contributed by atoms with van der Waals surface area (Å²) in [6, 6.07) is 15.5. The van der Waals surface area contributed by atoms with Gasteiger partial charge in [0.2, 0.25) is 5.69 Å². The lowest BCUT2D eigenvalue weighted by molar-refractivity contribution is -0.660. The number of hydrogen-bond acceptors (Lipinski definition) is 1. The second-order valence-corrected chi connectivity index (χ2v) is 9.49. The van der Waals surface area contributed by atoms with Crippen molar-refractivity contribution in [3.8, 4) is 22.4 Å². The first-order chi connectivity index (χ1) is 20.2. The number of nitrogens with zero attached hydrogens (tertiary/aromatic N) is 1. The number of rotatable bonds is 2. The fourth-order valence-electron chi connectivity index (χ4n) is 5.42. The lowest BCUT2D eigenvalue weighted by Gasteiger charge is -2.21. The van der Waals surface area contributed by atoms with Crippen LogP contribution in [-0.2, 0) is 12.5 Å². The molecule has 3 aromatic carbocycles. The zero-order valence-corrected chi connectivity index (χ0v) is 19.6. The van der Waals surface area contributed by atoms with Crippen LogP contribution in [-0.4, -0.2) is 0 Å². The monoisotopic (exact) mass is 456 g/mol. The van der Waals surface area contributed by atoms with Crippen LogP contribution in [0.25, 0.3) is 44.3 Å². The molecule has 34 heavy (non-hydrogen) atoms. The van der Waals surface area contributed by atoms with Crippen molar-refractivity contribution in [2.75, 3.05) is 0 Å². The molecule has 6 rings (SSSR count). The summed E-state index contributed by atoms with van der Waals surface area (Å²) in [7, 11) is 1.75. The fraction of sp³-hybridized carbons (Fsp3) is 0.281. The van der Waals surface area contributed by atoms with Crippen molar-refractivity contribution in [1.29, 1.82) is 0 Å². The normalized spacial score (nSPS) is 20.0. The topological polar surface area (TPSA) is 17.0 Å². The van der Waals surface area contributed by atoms with Crippen molar-refractivity contribution in [3.63, 3.8) is 0 Å². The third-order valence-electron chi connectivity index (χ3n) is 7.09. The third-order valence-corrected chi connectivity index (χ3v) is 7.09. The highest BCUT2D eigenvalue weighted by atomic mass is 16.3. The lowest BCUT2D eigenvalue weighted by Crippen LogP contribution is -2.32. The predicted octanol–water partition coefficient (Wildman–Crippen LogP) is 8.12. The van der Waals surface area contributed by atoms with E-state index in [0.717, 1.165) is 5.56 Å². The summed E-state index contributed by atoms with van der Waals surface area (Å²) in [6.45, 7) is -2.97. The van der Waals surface area contributed by atoms with Gasteiger partial charge in [0, 0.05) is 41.5 Å². The Balaban J connectivity index is 1.75. The second-order valence-electron chi connectivity index (χ2n) is 9.49. The van der Waals surface area contributed by atoms with Gasteiger partial charge in [0.15, 0.2) is 6.20 Å². The van der Waals surface area contributed by atoms with Crippen molar-refractivity contribution in [2.45, 2.75) is 52.6 Å². The summed E-state index contributed by atoms with van der Waals surface area (Å²) in [5.41, 5.74) is 2.89. The fourth-order valence-corrected chi connectivity index (χ4v) is 5.42. The number of furan rings is 1. The lowest BCUT2D eigenvalue weighted by atomic mass is 9.82. The van der Waals surface area contributed by atoms with Crippen molar-refractivity contribution < 1.29 is 22.7 Å². The first kappa shape index (κ1) is 12.9. The summed E-state index contributed by atoms with van der Waals surface area (Å²) in [5, 5.41) is 1.29. The van der Waals surface area contributed by atoms with Gasteiger partial charge in [0.25, 0.3) is 0 Å². The standard InChI is InChI=1S/C32H32NO/c1-18(2)23-16-26(33(7)17-20(23)4)28-19(3)12-13-22-30-27(34-31(22)28)15-14-25-29(30)21-10-8-9-11-24(21)32(25,5)6/h8-18H,1-7H3/q+1/i4D3,5D3,6D3,18D. The Hall–Kier alpha value is -3.39. The van der Waals surface area contributed by atoms with E-state index >= 15 is 0 Å². The Morgan fingerprint density at radius 3 is 2.56 bits per heavy atom. The summed E-state index contributed by atoms with van der Waals surface area (Å²) < 4.78 is 92.6. The number of hydrogen-bond donors (Lipinski definition) is 0. The van der Waals surface area contributed by atoms with E-state index < -0.39 is 31.9 Å². The highest BCUT2D eigenvalue weighted by molar-refractivity contribution is 6.17. The van der Waals surface area contributed by atoms with Crippen molar-refractivity contribution in [3.05, 3.63) is 88.6 Å². The SMILES string of the molecule is [2H]C([2H])([2H])c1c[n+](C)c(-c2c(C)ccc3c2oc2ccc4c(c23)-c2ccccc2C4(C([2H])([2H])[2H])C([2H])([2H])[2H])cc1C([2H])(C)C. The van der Waals surface area contributed by atoms with Gasteiger partial charge in [-0.25, -0.2) is 4.57 Å². The van der Waals surface area contributed by atoms with Crippen LogP contribution in [0.15, 0.2) is 65.2 Å². The molecule has 2 heteroatoms. The number of benzene rings is 3. The molecule has 0 bridgehead atoms. The molecule has 5 aromatic rings. The van der Waals surface area contributed by atoms with Crippen molar-refractivity contribution in [2.24, 2.45) is 7.05 Å². The molecule has 0 atom stereocenters. The van der Waals surface area contributed by atoms with E-state index in [2.05, 4.69) is 0 Å². The van der Waals surface area contributed by atoms with Crippen LogP contribution >= 0.6 is 0 Å². The molecule has 170 valence electrons. The van der Waals surface area contributed by atoms with Gasteiger partial charge in [0.1, 0.15) is 18.2 Å². The van der Waals surface area contributed by atoms with Gasteiger partial charge >= 0.3 is 0 Å². The second kappa shape index (κ2) is 7.06. The number of fused-ring (bicyclic) bond motifs is 7. The van der Waals surface area contributed by atoms with E-state index in [-0.39, 0.29) is 16.7 Å². The highest BCUT2D eigenvalue weighted by Crippen LogP contribution is 2.53. The van der Waals surface area contributed by atoms with Crippen LogP contribution in [0.1, 0.15) is 75.0 Å². The molecular weight excluding hydrogens is 414 g/mol. The zero-order chi connectivity index (χ0) is 32.4. The highest BCUT2D eigenvalue weighted by Gasteiger charge is 2.37. The minimum absolute atomic E-state index is 0.0956. The van der Waals surface area contributed by atoms with E-state index in [1.807, 2.05) is 19.1 Å². The van der Waals surface area contributed by atoms with Gasteiger partial charge in [-0.1, -0.05) is 70.0 Å². The van der Waals surface area contributed by atoms with Gasteiger partial charge in [0.05, 0.1) is 5.56 Å². The Morgan fingerprint density at radius 2 is 1.79 bits per heavy atom. The number of aromatic nitrogens is 1. The Bertz CT molecular complexity index is 1970. The molecular formula is C32H32NO+. The van der Waals surface area contributed by atoms with Crippen molar-refractivity contribution in [1.82, 2.24) is 0 Å². The minimum Gasteiger partial charge on any atom is -0.455 e. The average molecular weight is 457 g/mol. The van der Waals surface area contributed by atoms with Gasteiger partial charge in [-0.05, 0) is 59.1 Å². The molecule has 0 fully saturated rings. The van der Waals surface area contributed by atoms with E-state index in [1.54, 1.807) is 74.1 Å². The molecule has 0 N–H and O–H groups in total. The van der Waals surface area contributed by atoms with Gasteiger partial charge in [-0.15, -0.1) is 0 Å². The molecule has 0 aliphatic heterocycles. The minimum atomic E-state index is -2.88. The Kier molecular flexibility index (Phi) is 2.68. The van der Waals surface area contributed by atoms with Gasteiger partial charge in [-0.2, -0.15) is 0 Å². The van der Waals surface area contributed by atoms with Crippen LogP contribution < -0.4 is 4.57 Å². The summed E-state index contributed by atoms with van der Waals surface area (Å²) >= 11 is 0. The molecule has 2 heterocycles. The average Bonchev–Trinajstić information content (AvgIpc) is 3.41. The molecule has 2 aromatic heterocycles. The van der Waals surface area contributed by atoms with Crippen LogP contribution in [0.5, 0.6) is 0 Å². The first-order valence-corrected chi connectivity index (χ1v) is 11.4. The smallest absolute Gasteiger partial charge is 0.216 e. The molecule has 1 aliphatic carbocycles. The maximum Gasteiger partial charge on any atom is 0.216 e. The Morgan fingerprint density at radius 1 is 0.971 bits per heavy atom. The maximum absolute atomic E-state index is 8.74. The molecule has 1 aliphatic rings. The molecule has 0 saturated heterocycles. The van der Waals surface area contributed by atoms with Crippen LogP contribution in [0.2, 0.25) is 0 Å². The first-order valence-electron chi connectivity index (χ1n) is 16.4. The quantitative estimate of drug-likeness (QED) is 0.245. The summed E-state index contributed by atoms with van der Waals surface area (Å²) in [6.07, 6.45) is 1.55. The molecule has 0 unspecified atom stereocenters. The van der Waals surface area contributed by atoms with Gasteiger partial charge in [-0.3, -0.25) is 0 Å². The number of aryl methyl sites for hydroxylation is 3. The molecule has 2 nitrogen and oxygen atoms in total. The summed E-state index contributed by atoms with van der Waals surface area (Å²) in [5.74, 6) is -1.21. The Labute approximate surface area is 215 Å². The summed E-state index contributed by atoms with van der Waals surface area (Å²) in [4.78, 5) is 0. The van der Waals surface area contributed by atoms with E-state index in [4.69, 9.17) is 18.1 Å². The van der Waals surface area contributed by atoms with E-state index in [9.17, 15) is 0 Å². The zero-order valence-electron chi connectivity index (χ0n) is 29.6. The molecule has 0 amide bonds. The molecule has 0 spiro atoms. The van der Waals surface area contributed by atoms with E-state index in [1.165, 1.54) is 0 Å². The van der Waals surface area contributed by atoms with Crippen LogP contribution in [0.3, 0.4) is 0 Å². The van der Waals surface area contributed by atoms with Crippen LogP contribution in [0, 0.1) is 13.8 Å². The van der Waals surface area contributed by atoms with E-state index in [0.29, 0.717) is 49.9 Å². The van der Waals surface area contributed by atoms with Gasteiger partial charge < -0.3 is 4.42 Å². The molecule has 0 radical (unpaired) electrons. The van der Waals surface area contributed by atoms with Crippen molar-refractivity contribution >= 4 is 21.9 Å². The number of pyridine rings is 1. The predicted molar refractivity (Wildman–Crippen MR) is 141 cm³/mol. The largest absolute Gasteiger partial charge is 0.455 e. The van der Waals surface area contributed by atoms with Crippen LogP contribution in [0.4, 0.5) is 0 Å².